The van der Waals surface area contributed by atoms with Crippen LogP contribution >= 0.6 is 11.8 Å². The smallest absolute Gasteiger partial charge is 0.0234 e. The van der Waals surface area contributed by atoms with Gasteiger partial charge < -0.3 is 4.90 Å². The molecule has 0 N–H and O–H groups in total. The largest absolute Gasteiger partial charge is 0.301 e. The predicted molar refractivity (Wildman–Crippen MR) is 79.8 cm³/mol. The summed E-state index contributed by atoms with van der Waals surface area (Å²) in [6.45, 7) is 2.27. The normalized spacial score (nSPS) is 21.4. The van der Waals surface area contributed by atoms with Gasteiger partial charge in [0.15, 0.2) is 0 Å². The Morgan fingerprint density at radius 1 is 1.00 bits per heavy atom. The van der Waals surface area contributed by atoms with Gasteiger partial charge in [-0.1, -0.05) is 42.1 Å². The third-order valence-electron chi connectivity index (χ3n) is 4.20. The molecule has 0 saturated heterocycles. The van der Waals surface area contributed by atoms with E-state index in [9.17, 15) is 0 Å². The van der Waals surface area contributed by atoms with Gasteiger partial charge in [-0.2, -0.15) is 0 Å². The SMILES string of the molecule is CN1Cc2cccc3c2[C@@H](Cc2ccccc2S3)C1. The predicted octanol–water partition coefficient (Wildman–Crippen LogP) is 3.92. The van der Waals surface area contributed by atoms with Gasteiger partial charge in [0.25, 0.3) is 0 Å². The first kappa shape index (κ1) is 11.6. The average Bonchev–Trinajstić information content (AvgIpc) is 2.55. The Morgan fingerprint density at radius 3 is 2.74 bits per heavy atom. The number of rotatable bonds is 0. The van der Waals surface area contributed by atoms with Crippen LogP contribution < -0.4 is 0 Å². The van der Waals surface area contributed by atoms with E-state index >= 15 is 0 Å². The highest BCUT2D eigenvalue weighted by molar-refractivity contribution is 7.99. The first-order valence-electron chi connectivity index (χ1n) is 6.87. The second-order valence-corrected chi connectivity index (χ2v) is 6.72. The van der Waals surface area contributed by atoms with Crippen LogP contribution in [0.25, 0.3) is 0 Å². The molecule has 96 valence electrons. The van der Waals surface area contributed by atoms with Gasteiger partial charge in [-0.3, -0.25) is 0 Å². The summed E-state index contributed by atoms with van der Waals surface area (Å²) >= 11 is 1.95. The van der Waals surface area contributed by atoms with E-state index in [1.165, 1.54) is 33.9 Å². The number of nitrogens with zero attached hydrogens (tertiary/aromatic N) is 1. The maximum atomic E-state index is 2.45. The summed E-state index contributed by atoms with van der Waals surface area (Å²) in [5.41, 5.74) is 4.65. The molecule has 2 aromatic carbocycles. The second-order valence-electron chi connectivity index (χ2n) is 5.64. The summed E-state index contributed by atoms with van der Waals surface area (Å²) in [6.07, 6.45) is 1.18. The van der Waals surface area contributed by atoms with Crippen LogP contribution in [-0.2, 0) is 13.0 Å². The molecule has 0 aromatic heterocycles. The summed E-state index contributed by atoms with van der Waals surface area (Å²) in [5.74, 6) is 0.654. The summed E-state index contributed by atoms with van der Waals surface area (Å²) in [7, 11) is 2.24. The van der Waals surface area contributed by atoms with Crippen molar-refractivity contribution in [2.45, 2.75) is 28.7 Å². The fourth-order valence-corrected chi connectivity index (χ4v) is 4.65. The van der Waals surface area contributed by atoms with E-state index < -0.39 is 0 Å². The maximum absolute atomic E-state index is 2.45. The van der Waals surface area contributed by atoms with Crippen molar-refractivity contribution < 1.29 is 0 Å². The third-order valence-corrected chi connectivity index (χ3v) is 5.39. The van der Waals surface area contributed by atoms with Gasteiger partial charge in [0.2, 0.25) is 0 Å². The molecular weight excluding hydrogens is 250 g/mol. The van der Waals surface area contributed by atoms with Gasteiger partial charge in [-0.05, 0) is 42.3 Å². The number of hydrogen-bond acceptors (Lipinski definition) is 2. The molecule has 2 heterocycles. The lowest BCUT2D eigenvalue weighted by Crippen LogP contribution is -2.31. The molecule has 2 aliphatic rings. The van der Waals surface area contributed by atoms with Gasteiger partial charge in [0, 0.05) is 28.8 Å². The van der Waals surface area contributed by atoms with Gasteiger partial charge in [-0.25, -0.2) is 0 Å². The first-order chi connectivity index (χ1) is 9.31. The molecule has 2 heteroatoms. The number of benzene rings is 2. The van der Waals surface area contributed by atoms with Gasteiger partial charge in [-0.15, -0.1) is 0 Å². The number of hydrogen-bond donors (Lipinski definition) is 0. The van der Waals surface area contributed by atoms with Crippen LogP contribution in [0.3, 0.4) is 0 Å². The van der Waals surface area contributed by atoms with Crippen molar-refractivity contribution in [1.82, 2.24) is 4.90 Å². The fraction of sp³-hybridized carbons (Fsp3) is 0.294. The Labute approximate surface area is 118 Å². The molecule has 0 aliphatic carbocycles. The zero-order valence-electron chi connectivity index (χ0n) is 11.1. The molecule has 1 nitrogen and oxygen atoms in total. The zero-order valence-corrected chi connectivity index (χ0v) is 11.9. The van der Waals surface area contributed by atoms with E-state index in [4.69, 9.17) is 0 Å². The van der Waals surface area contributed by atoms with Crippen LogP contribution in [0.2, 0.25) is 0 Å². The van der Waals surface area contributed by atoms with E-state index in [0.717, 1.165) is 6.54 Å². The van der Waals surface area contributed by atoms with Crippen molar-refractivity contribution in [1.29, 1.82) is 0 Å². The van der Waals surface area contributed by atoms with E-state index in [-0.39, 0.29) is 0 Å². The summed E-state index contributed by atoms with van der Waals surface area (Å²) < 4.78 is 0. The zero-order chi connectivity index (χ0) is 12.8. The van der Waals surface area contributed by atoms with Crippen LogP contribution in [0.15, 0.2) is 52.3 Å². The molecule has 0 spiro atoms. The topological polar surface area (TPSA) is 3.24 Å². The molecule has 0 radical (unpaired) electrons. The van der Waals surface area contributed by atoms with E-state index in [1.807, 2.05) is 11.8 Å². The number of fused-ring (bicyclic) bond motifs is 1. The third kappa shape index (κ3) is 1.90. The average molecular weight is 267 g/mol. The van der Waals surface area contributed by atoms with Crippen molar-refractivity contribution >= 4 is 11.8 Å². The van der Waals surface area contributed by atoms with Gasteiger partial charge >= 0.3 is 0 Å². The Morgan fingerprint density at radius 2 is 1.79 bits per heavy atom. The summed E-state index contributed by atoms with van der Waals surface area (Å²) in [6, 6.07) is 15.7. The van der Waals surface area contributed by atoms with Crippen molar-refractivity contribution in [3.8, 4) is 0 Å². The minimum atomic E-state index is 0.654. The Kier molecular flexibility index (Phi) is 2.68. The highest BCUT2D eigenvalue weighted by Crippen LogP contribution is 2.44. The lowest BCUT2D eigenvalue weighted by atomic mass is 9.85. The summed E-state index contributed by atoms with van der Waals surface area (Å²) in [5, 5.41) is 0. The second kappa shape index (κ2) is 4.39. The Hall–Kier alpha value is -1.25. The summed E-state index contributed by atoms with van der Waals surface area (Å²) in [4.78, 5) is 5.36. The fourth-order valence-electron chi connectivity index (χ4n) is 3.43. The van der Waals surface area contributed by atoms with Crippen LogP contribution in [0.5, 0.6) is 0 Å². The van der Waals surface area contributed by atoms with Crippen LogP contribution in [0.4, 0.5) is 0 Å². The molecule has 1 atom stereocenters. The molecular formula is C17H17NS. The van der Waals surface area contributed by atoms with E-state index in [1.54, 1.807) is 5.56 Å². The van der Waals surface area contributed by atoms with Gasteiger partial charge in [0.05, 0.1) is 0 Å². The molecule has 0 amide bonds. The molecule has 2 aliphatic heterocycles. The van der Waals surface area contributed by atoms with E-state index in [2.05, 4.69) is 54.4 Å². The molecule has 0 saturated carbocycles. The molecule has 0 fully saturated rings. The lowest BCUT2D eigenvalue weighted by molar-refractivity contribution is 0.277. The van der Waals surface area contributed by atoms with Crippen LogP contribution in [0.1, 0.15) is 22.6 Å². The van der Waals surface area contributed by atoms with Crippen molar-refractivity contribution in [2.24, 2.45) is 0 Å². The Balaban J connectivity index is 1.91. The molecule has 0 unspecified atom stereocenters. The highest BCUT2D eigenvalue weighted by Gasteiger charge is 2.29. The van der Waals surface area contributed by atoms with E-state index in [0.29, 0.717) is 5.92 Å². The maximum Gasteiger partial charge on any atom is 0.0234 e. The van der Waals surface area contributed by atoms with Gasteiger partial charge in [0.1, 0.15) is 0 Å². The molecule has 2 aromatic rings. The minimum Gasteiger partial charge on any atom is -0.301 e. The monoisotopic (exact) mass is 267 g/mol. The molecule has 0 bridgehead atoms. The number of likely N-dealkylation sites (N-methyl/N-ethyl adjacent to an activating group) is 1. The highest BCUT2D eigenvalue weighted by atomic mass is 32.2. The lowest BCUT2D eigenvalue weighted by Gasteiger charge is -2.32. The van der Waals surface area contributed by atoms with Crippen LogP contribution in [0, 0.1) is 0 Å². The standard InChI is InChI=1S/C17H17NS/c1-18-10-13-6-4-8-16-17(13)14(11-18)9-12-5-2-3-7-15(12)19-16/h2-8,14H,9-11H2,1H3/t14-/m0/s1. The quantitative estimate of drug-likeness (QED) is 0.711. The molecule has 19 heavy (non-hydrogen) atoms. The minimum absolute atomic E-state index is 0.654. The first-order valence-corrected chi connectivity index (χ1v) is 7.69. The van der Waals surface area contributed by atoms with Crippen molar-refractivity contribution in [3.63, 3.8) is 0 Å². The molecule has 4 rings (SSSR count). The van der Waals surface area contributed by atoms with Crippen molar-refractivity contribution in [3.05, 3.63) is 59.2 Å². The van der Waals surface area contributed by atoms with Crippen molar-refractivity contribution in [2.75, 3.05) is 13.6 Å². The Bertz CT molecular complexity index is 635. The van der Waals surface area contributed by atoms with Crippen LogP contribution in [-0.4, -0.2) is 18.5 Å².